The number of unbranched alkanes of at least 4 members (excludes halogenated alkanes) is 36. The minimum Gasteiger partial charge on any atom is -0.418 e. The SMILES string of the molecule is CCCCCCCCCCCCOP(OCCCCCCCCCCCC)OC1CCC(C(C)(C)C2CCC(OP(Oc3ccc(CCCCCCCCCCCC)cc3)Oc3ccc(CCCCCCCCCCCC)cc3)CC2)CC1. The predicted molar refractivity (Wildman–Crippen MR) is 362 cm³/mol. The summed E-state index contributed by atoms with van der Waals surface area (Å²) in [5.41, 5.74) is 3.04. The van der Waals surface area contributed by atoms with Crippen molar-refractivity contribution >= 4 is 17.2 Å². The summed E-state index contributed by atoms with van der Waals surface area (Å²) in [7, 11) is -2.93. The first-order chi connectivity index (χ1) is 40.8. The van der Waals surface area contributed by atoms with E-state index in [4.69, 9.17) is 27.1 Å². The molecule has 4 rings (SSSR count). The fourth-order valence-electron chi connectivity index (χ4n) is 13.3. The third kappa shape index (κ3) is 36.7. The third-order valence-electron chi connectivity index (χ3n) is 19.2. The molecule has 83 heavy (non-hydrogen) atoms. The molecule has 2 aliphatic carbocycles. The molecule has 0 saturated heterocycles. The third-order valence-corrected chi connectivity index (χ3v) is 21.6. The lowest BCUT2D eigenvalue weighted by molar-refractivity contribution is 0.00531. The number of aryl methyl sites for hydroxylation is 2. The van der Waals surface area contributed by atoms with Crippen molar-refractivity contribution in [3.63, 3.8) is 0 Å². The second-order valence-corrected chi connectivity index (χ2v) is 29.0. The second kappa shape index (κ2) is 50.6. The normalized spacial score (nSPS) is 17.7. The van der Waals surface area contributed by atoms with Crippen molar-refractivity contribution in [1.82, 2.24) is 0 Å². The Balaban J connectivity index is 1.24. The summed E-state index contributed by atoms with van der Waals surface area (Å²) >= 11 is 0. The summed E-state index contributed by atoms with van der Waals surface area (Å²) in [4.78, 5) is 0. The molecule has 6 nitrogen and oxygen atoms in total. The zero-order valence-corrected chi connectivity index (χ0v) is 57.3. The van der Waals surface area contributed by atoms with E-state index >= 15 is 0 Å². The Labute approximate surface area is 518 Å². The summed E-state index contributed by atoms with van der Waals surface area (Å²) in [6.07, 6.45) is 65.8. The fraction of sp³-hybridized carbons (Fsp3) is 0.840. The molecule has 0 atom stereocenters. The molecule has 0 unspecified atom stereocenters. The van der Waals surface area contributed by atoms with Gasteiger partial charge in [0.25, 0.3) is 0 Å². The van der Waals surface area contributed by atoms with Crippen LogP contribution >= 0.6 is 17.2 Å². The van der Waals surface area contributed by atoms with Crippen molar-refractivity contribution in [2.45, 2.75) is 375 Å². The van der Waals surface area contributed by atoms with Gasteiger partial charge in [0.15, 0.2) is 0 Å². The lowest BCUT2D eigenvalue weighted by Gasteiger charge is -2.46. The van der Waals surface area contributed by atoms with Crippen LogP contribution in [0.1, 0.15) is 361 Å². The minimum atomic E-state index is -1.63. The molecule has 0 aliphatic heterocycles. The van der Waals surface area contributed by atoms with Gasteiger partial charge in [-0.05, 0) is 143 Å². The van der Waals surface area contributed by atoms with Crippen LogP contribution in [0.25, 0.3) is 0 Å². The van der Waals surface area contributed by atoms with Crippen LogP contribution in [0, 0.1) is 17.3 Å². The highest BCUT2D eigenvalue weighted by atomic mass is 31.2. The molecule has 0 N–H and O–H groups in total. The molecule has 0 amide bonds. The molecule has 2 aromatic rings. The Morgan fingerprint density at radius 2 is 0.566 bits per heavy atom. The van der Waals surface area contributed by atoms with Gasteiger partial charge in [0.05, 0.1) is 25.4 Å². The van der Waals surface area contributed by atoms with Gasteiger partial charge in [-0.15, -0.1) is 0 Å². The number of rotatable bonds is 56. The Morgan fingerprint density at radius 1 is 0.313 bits per heavy atom. The minimum absolute atomic E-state index is 0.128. The van der Waals surface area contributed by atoms with Crippen LogP contribution in [0.5, 0.6) is 11.5 Å². The molecule has 0 heterocycles. The molecule has 0 spiro atoms. The first kappa shape index (κ1) is 74.2. The lowest BCUT2D eigenvalue weighted by atomic mass is 9.60. The maximum absolute atomic E-state index is 6.92. The van der Waals surface area contributed by atoms with Crippen molar-refractivity contribution < 1.29 is 27.1 Å². The zero-order valence-electron chi connectivity index (χ0n) is 55.5. The maximum atomic E-state index is 6.92. The molecular formula is C75H134O6P2. The lowest BCUT2D eigenvalue weighted by Crippen LogP contribution is -2.38. The van der Waals surface area contributed by atoms with E-state index in [1.165, 1.54) is 281 Å². The van der Waals surface area contributed by atoms with E-state index in [0.29, 0.717) is 11.8 Å². The summed E-state index contributed by atoms with van der Waals surface area (Å²) in [6.45, 7) is 15.9. The van der Waals surface area contributed by atoms with Gasteiger partial charge in [0.2, 0.25) is 0 Å². The predicted octanol–water partition coefficient (Wildman–Crippen LogP) is 26.6. The summed E-state index contributed by atoms with van der Waals surface area (Å²) in [6, 6.07) is 17.6. The number of hydrogen-bond donors (Lipinski definition) is 0. The quantitative estimate of drug-likeness (QED) is 0.0486. The van der Waals surface area contributed by atoms with Gasteiger partial charge in [0, 0.05) is 0 Å². The van der Waals surface area contributed by atoms with Gasteiger partial charge in [-0.3, -0.25) is 4.52 Å². The van der Waals surface area contributed by atoms with Gasteiger partial charge in [0.1, 0.15) is 11.5 Å². The maximum Gasteiger partial charge on any atom is 0.463 e. The van der Waals surface area contributed by atoms with Crippen LogP contribution in [-0.2, 0) is 30.9 Å². The molecule has 0 aromatic heterocycles. The van der Waals surface area contributed by atoms with Crippen LogP contribution in [0.15, 0.2) is 48.5 Å². The highest BCUT2D eigenvalue weighted by molar-refractivity contribution is 7.42. The Kier molecular flexibility index (Phi) is 45.2. The van der Waals surface area contributed by atoms with Crippen LogP contribution in [-0.4, -0.2) is 25.4 Å². The fourth-order valence-corrected chi connectivity index (χ4v) is 15.6. The Bertz CT molecular complexity index is 1610. The topological polar surface area (TPSA) is 55.4 Å². The first-order valence-corrected chi connectivity index (χ1v) is 38.8. The Morgan fingerprint density at radius 3 is 0.855 bits per heavy atom. The van der Waals surface area contributed by atoms with Crippen LogP contribution in [0.2, 0.25) is 0 Å². The molecule has 2 aliphatic rings. The van der Waals surface area contributed by atoms with Crippen molar-refractivity contribution in [1.29, 1.82) is 0 Å². The number of hydrogen-bond acceptors (Lipinski definition) is 6. The summed E-state index contributed by atoms with van der Waals surface area (Å²) in [5, 5.41) is 0. The van der Waals surface area contributed by atoms with E-state index in [2.05, 4.69) is 90.1 Å². The molecule has 0 radical (unpaired) electrons. The molecule has 2 fully saturated rings. The van der Waals surface area contributed by atoms with Crippen molar-refractivity contribution in [2.24, 2.45) is 17.3 Å². The van der Waals surface area contributed by atoms with Gasteiger partial charge < -0.3 is 22.6 Å². The standard InChI is InChI=1S/C75H134O6P2/c1-7-11-15-19-23-27-31-35-39-43-47-67-49-57-71(58-50-67)79-83(80-72-59-51-68(52-60-72)48-44-40-36-32-28-24-20-16-12-8-2)81-74-63-55-70(56-64-74)75(5,6)69-53-61-73(62-54-69)78-82(76-65-45-41-37-33-29-25-21-17-13-9-3)77-66-46-42-38-34-30-26-22-18-14-10-4/h49-52,57-60,69-70,73-74H,7-48,53-56,61-66H2,1-6H3. The van der Waals surface area contributed by atoms with Crippen LogP contribution < -0.4 is 9.05 Å². The van der Waals surface area contributed by atoms with E-state index in [9.17, 15) is 0 Å². The van der Waals surface area contributed by atoms with Crippen LogP contribution in [0.4, 0.5) is 0 Å². The molecule has 8 heteroatoms. The molecule has 2 saturated carbocycles. The van der Waals surface area contributed by atoms with E-state index in [1.807, 2.05) is 0 Å². The van der Waals surface area contributed by atoms with E-state index < -0.39 is 17.2 Å². The van der Waals surface area contributed by atoms with E-state index in [1.54, 1.807) is 0 Å². The van der Waals surface area contributed by atoms with Crippen molar-refractivity contribution in [3.8, 4) is 11.5 Å². The monoisotopic (exact) mass is 1190 g/mol. The average Bonchev–Trinajstić information content (AvgIpc) is 3.52. The van der Waals surface area contributed by atoms with Gasteiger partial charge >= 0.3 is 17.2 Å². The van der Waals surface area contributed by atoms with Gasteiger partial charge in [-0.1, -0.05) is 297 Å². The average molecular weight is 1190 g/mol. The highest BCUT2D eigenvalue weighted by Gasteiger charge is 2.42. The summed E-state index contributed by atoms with van der Waals surface area (Å²) < 4.78 is 40.0. The molecule has 480 valence electrons. The second-order valence-electron chi connectivity index (χ2n) is 26.8. The van der Waals surface area contributed by atoms with Crippen molar-refractivity contribution in [2.75, 3.05) is 13.2 Å². The smallest absolute Gasteiger partial charge is 0.418 e. The largest absolute Gasteiger partial charge is 0.463 e. The van der Waals surface area contributed by atoms with E-state index in [0.717, 1.165) is 76.1 Å². The molecular weight excluding hydrogens is 1060 g/mol. The Hall–Kier alpha value is -1.26. The van der Waals surface area contributed by atoms with Crippen LogP contribution in [0.3, 0.4) is 0 Å². The number of benzene rings is 2. The molecule has 0 bridgehead atoms. The zero-order chi connectivity index (χ0) is 58.9. The highest BCUT2D eigenvalue weighted by Crippen LogP contribution is 2.53. The summed E-state index contributed by atoms with van der Waals surface area (Å²) in [5.74, 6) is 3.05. The van der Waals surface area contributed by atoms with E-state index in [-0.39, 0.29) is 17.6 Å². The van der Waals surface area contributed by atoms with Gasteiger partial charge in [-0.25, -0.2) is 0 Å². The van der Waals surface area contributed by atoms with Crippen molar-refractivity contribution in [3.05, 3.63) is 59.7 Å². The first-order valence-electron chi connectivity index (χ1n) is 36.6. The molecule has 2 aromatic carbocycles. The van der Waals surface area contributed by atoms with Gasteiger partial charge in [-0.2, -0.15) is 0 Å².